The Labute approximate surface area is 186 Å². The highest BCUT2D eigenvalue weighted by Crippen LogP contribution is 2.27. The number of rotatable bonds is 9. The first-order valence-corrected chi connectivity index (χ1v) is 11.0. The van der Waals surface area contributed by atoms with Gasteiger partial charge in [0, 0.05) is 22.5 Å². The molecule has 5 nitrogen and oxygen atoms in total. The van der Waals surface area contributed by atoms with E-state index in [1.54, 1.807) is 31.4 Å². The molecule has 0 saturated carbocycles. The molecule has 0 N–H and O–H groups in total. The highest BCUT2D eigenvalue weighted by atomic mass is 35.5. The number of amides is 1. The molecule has 1 heterocycles. The van der Waals surface area contributed by atoms with E-state index in [-0.39, 0.29) is 5.91 Å². The molecule has 0 atom stereocenters. The molecule has 0 aliphatic carbocycles. The summed E-state index contributed by atoms with van der Waals surface area (Å²) in [5.74, 6) is 1.68. The second kappa shape index (κ2) is 10.5. The van der Waals surface area contributed by atoms with Gasteiger partial charge in [0.1, 0.15) is 11.6 Å². The van der Waals surface area contributed by atoms with Crippen LogP contribution in [0.1, 0.15) is 34.9 Å². The van der Waals surface area contributed by atoms with Gasteiger partial charge in [0.2, 0.25) is 0 Å². The van der Waals surface area contributed by atoms with Gasteiger partial charge in [-0.3, -0.25) is 4.79 Å². The number of halogens is 1. The van der Waals surface area contributed by atoms with Crippen molar-refractivity contribution in [3.8, 4) is 11.5 Å². The van der Waals surface area contributed by atoms with Crippen LogP contribution in [0.4, 0.5) is 0 Å². The highest BCUT2D eigenvalue weighted by molar-refractivity contribution is 7.09. The Bertz CT molecular complexity index is 973. The molecule has 0 radical (unpaired) electrons. The average molecular weight is 445 g/mol. The number of hydrogen-bond donors (Lipinski definition) is 0. The third kappa shape index (κ3) is 5.97. The zero-order valence-electron chi connectivity index (χ0n) is 17.3. The number of benzene rings is 2. The van der Waals surface area contributed by atoms with Crippen LogP contribution in [0.2, 0.25) is 5.02 Å². The summed E-state index contributed by atoms with van der Waals surface area (Å²) in [7, 11) is 1.62. The summed E-state index contributed by atoms with van der Waals surface area (Å²) in [4.78, 5) is 19.5. The lowest BCUT2D eigenvalue weighted by Crippen LogP contribution is -2.33. The Balaban J connectivity index is 1.67. The van der Waals surface area contributed by atoms with E-state index < -0.39 is 0 Å². The van der Waals surface area contributed by atoms with Crippen LogP contribution in [0.3, 0.4) is 0 Å². The summed E-state index contributed by atoms with van der Waals surface area (Å²) < 4.78 is 11.2. The first-order chi connectivity index (χ1) is 14.5. The van der Waals surface area contributed by atoms with Crippen molar-refractivity contribution in [2.75, 3.05) is 13.7 Å². The number of ether oxygens (including phenoxy) is 2. The van der Waals surface area contributed by atoms with Gasteiger partial charge in [0.25, 0.3) is 5.91 Å². The third-order valence-electron chi connectivity index (χ3n) is 4.34. The van der Waals surface area contributed by atoms with E-state index in [0.717, 1.165) is 10.7 Å². The van der Waals surface area contributed by atoms with E-state index >= 15 is 0 Å². The summed E-state index contributed by atoms with van der Waals surface area (Å²) in [5.41, 5.74) is 1.47. The van der Waals surface area contributed by atoms with Gasteiger partial charge in [-0.1, -0.05) is 37.6 Å². The number of para-hydroxylation sites is 2. The second-order valence-corrected chi connectivity index (χ2v) is 8.64. The number of nitrogens with zero attached hydrogens (tertiary/aromatic N) is 2. The first-order valence-electron chi connectivity index (χ1n) is 9.70. The minimum Gasteiger partial charge on any atom is -0.493 e. The molecule has 1 aromatic heterocycles. The van der Waals surface area contributed by atoms with Gasteiger partial charge in [0.15, 0.2) is 11.5 Å². The summed E-state index contributed by atoms with van der Waals surface area (Å²) >= 11 is 7.47. The minimum absolute atomic E-state index is 0.0276. The lowest BCUT2D eigenvalue weighted by molar-refractivity contribution is 0.0720. The van der Waals surface area contributed by atoms with Crippen molar-refractivity contribution in [1.29, 1.82) is 0 Å². The topological polar surface area (TPSA) is 51.7 Å². The Morgan fingerprint density at radius 3 is 2.50 bits per heavy atom. The summed E-state index contributed by atoms with van der Waals surface area (Å²) in [6.07, 6.45) is 0. The molecular weight excluding hydrogens is 420 g/mol. The molecule has 7 heteroatoms. The van der Waals surface area contributed by atoms with Crippen molar-refractivity contribution in [1.82, 2.24) is 9.88 Å². The molecule has 3 rings (SSSR count). The van der Waals surface area contributed by atoms with Gasteiger partial charge in [-0.05, 0) is 42.3 Å². The van der Waals surface area contributed by atoms with Gasteiger partial charge >= 0.3 is 0 Å². The van der Waals surface area contributed by atoms with Crippen LogP contribution in [0.15, 0.2) is 53.9 Å². The van der Waals surface area contributed by atoms with Gasteiger partial charge in [-0.2, -0.15) is 0 Å². The van der Waals surface area contributed by atoms with Crippen LogP contribution >= 0.6 is 22.9 Å². The van der Waals surface area contributed by atoms with Gasteiger partial charge in [0.05, 0.1) is 19.3 Å². The van der Waals surface area contributed by atoms with Crippen LogP contribution in [0, 0.1) is 5.92 Å². The fourth-order valence-electron chi connectivity index (χ4n) is 3.00. The lowest BCUT2D eigenvalue weighted by atomic mass is 10.1. The smallest absolute Gasteiger partial charge is 0.254 e. The van der Waals surface area contributed by atoms with Gasteiger partial charge in [-0.25, -0.2) is 4.98 Å². The molecule has 1 amide bonds. The molecule has 2 aromatic carbocycles. The number of methoxy groups -OCH3 is 1. The number of carbonyl (C=O) groups is 1. The summed E-state index contributed by atoms with van der Waals surface area (Å²) in [6, 6.07) is 14.5. The molecule has 30 heavy (non-hydrogen) atoms. The number of thiazole rings is 1. The van der Waals surface area contributed by atoms with Crippen LogP contribution in [0.25, 0.3) is 0 Å². The van der Waals surface area contributed by atoms with E-state index in [1.165, 1.54) is 11.3 Å². The Morgan fingerprint density at radius 2 is 1.83 bits per heavy atom. The number of aromatic nitrogens is 1. The van der Waals surface area contributed by atoms with Crippen LogP contribution in [-0.4, -0.2) is 29.4 Å². The fraction of sp³-hybridized carbons (Fsp3) is 0.304. The quantitative estimate of drug-likeness (QED) is 0.426. The molecular formula is C23H25ClN2O3S. The maximum absolute atomic E-state index is 13.0. The molecule has 0 saturated heterocycles. The molecule has 3 aromatic rings. The van der Waals surface area contributed by atoms with Crippen molar-refractivity contribution in [3.05, 3.63) is 75.2 Å². The normalized spacial score (nSPS) is 10.8. The Morgan fingerprint density at radius 1 is 1.13 bits per heavy atom. The predicted octanol–water partition coefficient (Wildman–Crippen LogP) is 5.68. The Hall–Kier alpha value is -2.57. The van der Waals surface area contributed by atoms with Crippen molar-refractivity contribution >= 4 is 28.8 Å². The number of hydrogen-bond acceptors (Lipinski definition) is 5. The standard InChI is InChI=1S/C23H25ClN2O3S/c1-16(2)12-26(23(27)17-8-10-18(24)11-9-17)13-19-15-30-22(25-19)14-29-21-7-5-4-6-20(21)28-3/h4-11,15-16H,12-14H2,1-3H3. The highest BCUT2D eigenvalue weighted by Gasteiger charge is 2.19. The second-order valence-electron chi connectivity index (χ2n) is 7.26. The summed E-state index contributed by atoms with van der Waals surface area (Å²) in [6.45, 7) is 5.63. The van der Waals surface area contributed by atoms with E-state index in [4.69, 9.17) is 21.1 Å². The molecule has 0 unspecified atom stereocenters. The zero-order chi connectivity index (χ0) is 21.5. The fourth-order valence-corrected chi connectivity index (χ4v) is 3.82. The average Bonchev–Trinajstić information content (AvgIpc) is 3.19. The van der Waals surface area contributed by atoms with Crippen molar-refractivity contribution in [3.63, 3.8) is 0 Å². The molecule has 158 valence electrons. The van der Waals surface area contributed by atoms with E-state index in [1.807, 2.05) is 34.5 Å². The lowest BCUT2D eigenvalue weighted by Gasteiger charge is -2.24. The van der Waals surface area contributed by atoms with E-state index in [0.29, 0.717) is 47.7 Å². The molecule has 0 bridgehead atoms. The maximum Gasteiger partial charge on any atom is 0.254 e. The van der Waals surface area contributed by atoms with Crippen molar-refractivity contribution in [2.24, 2.45) is 5.92 Å². The van der Waals surface area contributed by atoms with Gasteiger partial charge in [-0.15, -0.1) is 11.3 Å². The zero-order valence-corrected chi connectivity index (χ0v) is 18.9. The van der Waals surface area contributed by atoms with Crippen molar-refractivity contribution in [2.45, 2.75) is 27.0 Å². The Kier molecular flexibility index (Phi) is 7.71. The first kappa shape index (κ1) is 22.1. The minimum atomic E-state index is -0.0276. The third-order valence-corrected chi connectivity index (χ3v) is 5.46. The molecule has 0 aliphatic heterocycles. The molecule has 0 fully saturated rings. The SMILES string of the molecule is COc1ccccc1OCc1nc(CN(CC(C)C)C(=O)c2ccc(Cl)cc2)cs1. The maximum atomic E-state index is 13.0. The van der Waals surface area contributed by atoms with E-state index in [9.17, 15) is 4.79 Å². The van der Waals surface area contributed by atoms with Crippen molar-refractivity contribution < 1.29 is 14.3 Å². The monoisotopic (exact) mass is 444 g/mol. The largest absolute Gasteiger partial charge is 0.493 e. The molecule has 0 spiro atoms. The van der Waals surface area contributed by atoms with Crippen LogP contribution in [-0.2, 0) is 13.2 Å². The molecule has 0 aliphatic rings. The summed E-state index contributed by atoms with van der Waals surface area (Å²) in [5, 5.41) is 3.43. The van der Waals surface area contributed by atoms with Gasteiger partial charge < -0.3 is 14.4 Å². The van der Waals surface area contributed by atoms with Crippen LogP contribution < -0.4 is 9.47 Å². The van der Waals surface area contributed by atoms with E-state index in [2.05, 4.69) is 18.8 Å². The van der Waals surface area contributed by atoms with Crippen LogP contribution in [0.5, 0.6) is 11.5 Å². The number of carbonyl (C=O) groups excluding carboxylic acids is 1. The predicted molar refractivity (Wildman–Crippen MR) is 120 cm³/mol.